The number of hydrogen-bond acceptors (Lipinski definition) is 5. The second kappa shape index (κ2) is 6.91. The largest absolute Gasteiger partial charge is 0.355 e. The van der Waals surface area contributed by atoms with Crippen LogP contribution in [0.25, 0.3) is 11.3 Å². The van der Waals surface area contributed by atoms with Crippen LogP contribution in [0.15, 0.2) is 34.9 Å². The third-order valence-electron chi connectivity index (χ3n) is 3.27. The maximum Gasteiger partial charge on any atom is 0.297 e. The Hall–Kier alpha value is -1.89. The van der Waals surface area contributed by atoms with Gasteiger partial charge in [0.15, 0.2) is 17.7 Å². The van der Waals surface area contributed by atoms with Gasteiger partial charge in [-0.3, -0.25) is 4.79 Å². The Morgan fingerprint density at radius 1 is 1.36 bits per heavy atom. The average molecular weight is 323 g/mol. The van der Waals surface area contributed by atoms with E-state index in [2.05, 4.69) is 10.6 Å². The summed E-state index contributed by atoms with van der Waals surface area (Å²) in [6.07, 6.45) is 2.38. The molecular weight excluding hydrogens is 308 g/mol. The van der Waals surface area contributed by atoms with Gasteiger partial charge in [0.1, 0.15) is 0 Å². The molecule has 0 saturated carbocycles. The van der Waals surface area contributed by atoms with Crippen LogP contribution in [0.5, 0.6) is 0 Å². The van der Waals surface area contributed by atoms with Crippen molar-refractivity contribution in [3.63, 3.8) is 0 Å². The molecule has 1 fully saturated rings. The summed E-state index contributed by atoms with van der Waals surface area (Å²) in [7, 11) is 0. The van der Waals surface area contributed by atoms with E-state index in [0.717, 1.165) is 24.8 Å². The van der Waals surface area contributed by atoms with E-state index in [4.69, 9.17) is 25.7 Å². The van der Waals surface area contributed by atoms with Crippen LogP contribution in [-0.2, 0) is 9.57 Å². The number of hydrogen-bond donors (Lipinski definition) is 1. The molecule has 1 unspecified atom stereocenters. The van der Waals surface area contributed by atoms with Gasteiger partial charge in [-0.2, -0.15) is 0 Å². The predicted molar refractivity (Wildman–Crippen MR) is 79.1 cm³/mol. The minimum Gasteiger partial charge on any atom is -0.355 e. The number of ether oxygens (including phenoxy) is 1. The summed E-state index contributed by atoms with van der Waals surface area (Å²) in [4.78, 5) is 17.2. The van der Waals surface area contributed by atoms with Crippen LogP contribution in [0.2, 0.25) is 5.02 Å². The first-order chi connectivity index (χ1) is 10.7. The average Bonchev–Trinajstić information content (AvgIpc) is 3.04. The fourth-order valence-electron chi connectivity index (χ4n) is 2.14. The third kappa shape index (κ3) is 3.65. The molecule has 1 aromatic carbocycles. The van der Waals surface area contributed by atoms with Crippen LogP contribution in [0, 0.1) is 0 Å². The van der Waals surface area contributed by atoms with Gasteiger partial charge in [0.25, 0.3) is 5.91 Å². The van der Waals surface area contributed by atoms with E-state index in [9.17, 15) is 4.79 Å². The van der Waals surface area contributed by atoms with E-state index in [1.807, 2.05) is 6.07 Å². The fraction of sp³-hybridized carbons (Fsp3) is 0.333. The Kier molecular flexibility index (Phi) is 4.72. The van der Waals surface area contributed by atoms with Crippen LogP contribution in [-0.4, -0.2) is 24.0 Å². The number of halogens is 1. The van der Waals surface area contributed by atoms with Crippen molar-refractivity contribution < 1.29 is 18.9 Å². The van der Waals surface area contributed by atoms with Gasteiger partial charge in [-0.15, -0.1) is 0 Å². The topological polar surface area (TPSA) is 73.6 Å². The van der Waals surface area contributed by atoms with Crippen LogP contribution >= 0.6 is 11.6 Å². The Bertz CT molecular complexity index is 652. The molecule has 7 heteroatoms. The van der Waals surface area contributed by atoms with Gasteiger partial charge < -0.3 is 9.26 Å². The molecule has 1 amide bonds. The molecule has 1 atom stereocenters. The molecule has 1 N–H and O–H groups in total. The number of carbonyl (C=O) groups is 1. The fourth-order valence-corrected chi connectivity index (χ4v) is 2.33. The standard InChI is InChI=1S/C15H15ClN2O4/c16-11-5-3-4-10(8-11)13-9-12(17-21-13)15(19)18-22-14-6-1-2-7-20-14/h3-5,8-9,14H,1-2,6-7H2,(H,18,19). The highest BCUT2D eigenvalue weighted by Gasteiger charge is 2.18. The Morgan fingerprint density at radius 3 is 3.05 bits per heavy atom. The molecule has 0 bridgehead atoms. The maximum atomic E-state index is 12.0. The van der Waals surface area contributed by atoms with Crippen molar-refractivity contribution in [3.05, 3.63) is 41.0 Å². The van der Waals surface area contributed by atoms with Crippen molar-refractivity contribution in [2.24, 2.45) is 0 Å². The molecule has 0 radical (unpaired) electrons. The normalized spacial score (nSPS) is 18.1. The number of nitrogens with one attached hydrogen (secondary N) is 1. The number of aromatic nitrogens is 1. The second-order valence-electron chi connectivity index (χ2n) is 4.93. The molecule has 1 aromatic heterocycles. The van der Waals surface area contributed by atoms with Crippen molar-refractivity contribution in [1.29, 1.82) is 0 Å². The molecule has 6 nitrogen and oxygen atoms in total. The highest BCUT2D eigenvalue weighted by Crippen LogP contribution is 2.23. The number of carbonyl (C=O) groups excluding carboxylic acids is 1. The van der Waals surface area contributed by atoms with Crippen molar-refractivity contribution in [1.82, 2.24) is 10.6 Å². The van der Waals surface area contributed by atoms with Crippen LogP contribution < -0.4 is 5.48 Å². The SMILES string of the molecule is O=C(NOC1CCCCO1)c1cc(-c2cccc(Cl)c2)on1. The van der Waals surface area contributed by atoms with E-state index in [-0.39, 0.29) is 5.69 Å². The van der Waals surface area contributed by atoms with Gasteiger partial charge in [0.05, 0.1) is 0 Å². The zero-order valence-electron chi connectivity index (χ0n) is 11.8. The molecule has 22 heavy (non-hydrogen) atoms. The van der Waals surface area contributed by atoms with Gasteiger partial charge in [-0.25, -0.2) is 10.3 Å². The lowest BCUT2D eigenvalue weighted by Gasteiger charge is -2.21. The molecule has 2 aromatic rings. The van der Waals surface area contributed by atoms with E-state index in [1.165, 1.54) is 6.07 Å². The number of nitrogens with zero attached hydrogens (tertiary/aromatic N) is 1. The highest BCUT2D eigenvalue weighted by atomic mass is 35.5. The molecule has 2 heterocycles. The summed E-state index contributed by atoms with van der Waals surface area (Å²) in [6, 6.07) is 8.64. The molecule has 116 valence electrons. The van der Waals surface area contributed by atoms with Crippen molar-refractivity contribution in [2.75, 3.05) is 6.61 Å². The molecule has 1 saturated heterocycles. The van der Waals surface area contributed by atoms with Crippen molar-refractivity contribution in [2.45, 2.75) is 25.6 Å². The van der Waals surface area contributed by atoms with E-state index >= 15 is 0 Å². The maximum absolute atomic E-state index is 12.0. The number of rotatable bonds is 4. The number of hydroxylamine groups is 1. The van der Waals surface area contributed by atoms with Crippen LogP contribution in [0.4, 0.5) is 0 Å². The zero-order chi connectivity index (χ0) is 15.4. The first kappa shape index (κ1) is 15.0. The van der Waals surface area contributed by atoms with Crippen LogP contribution in [0.1, 0.15) is 29.8 Å². The molecule has 1 aliphatic rings. The van der Waals surface area contributed by atoms with Crippen molar-refractivity contribution in [3.8, 4) is 11.3 Å². The van der Waals surface area contributed by atoms with Gasteiger partial charge in [-0.1, -0.05) is 28.9 Å². The van der Waals surface area contributed by atoms with Gasteiger partial charge in [0, 0.05) is 29.7 Å². The molecular formula is C15H15ClN2O4. The third-order valence-corrected chi connectivity index (χ3v) is 3.51. The first-order valence-corrected chi connectivity index (χ1v) is 7.40. The summed E-state index contributed by atoms with van der Waals surface area (Å²) in [5.74, 6) is -0.0206. The lowest BCUT2D eigenvalue weighted by Crippen LogP contribution is -2.33. The molecule has 0 spiro atoms. The Labute approximate surface area is 132 Å². The summed E-state index contributed by atoms with van der Waals surface area (Å²) in [5, 5.41) is 4.32. The summed E-state index contributed by atoms with van der Waals surface area (Å²) < 4.78 is 10.5. The quantitative estimate of drug-likeness (QED) is 0.875. The van der Waals surface area contributed by atoms with E-state index in [0.29, 0.717) is 17.4 Å². The van der Waals surface area contributed by atoms with Gasteiger partial charge in [0.2, 0.25) is 0 Å². The lowest BCUT2D eigenvalue weighted by molar-refractivity contribution is -0.186. The Morgan fingerprint density at radius 2 is 2.27 bits per heavy atom. The predicted octanol–water partition coefficient (Wildman–Crippen LogP) is 3.18. The summed E-state index contributed by atoms with van der Waals surface area (Å²) >= 11 is 5.92. The minimum atomic E-state index is -0.480. The first-order valence-electron chi connectivity index (χ1n) is 7.02. The molecule has 0 aliphatic carbocycles. The molecule has 1 aliphatic heterocycles. The van der Waals surface area contributed by atoms with Crippen molar-refractivity contribution >= 4 is 17.5 Å². The summed E-state index contributed by atoms with van der Waals surface area (Å²) in [6.45, 7) is 0.642. The zero-order valence-corrected chi connectivity index (χ0v) is 12.5. The van der Waals surface area contributed by atoms with Gasteiger partial charge >= 0.3 is 0 Å². The van der Waals surface area contributed by atoms with Crippen LogP contribution in [0.3, 0.4) is 0 Å². The molecule has 3 rings (SSSR count). The van der Waals surface area contributed by atoms with Gasteiger partial charge in [-0.05, 0) is 25.0 Å². The van der Waals surface area contributed by atoms with E-state index in [1.54, 1.807) is 18.2 Å². The lowest BCUT2D eigenvalue weighted by atomic mass is 10.1. The monoisotopic (exact) mass is 322 g/mol. The highest BCUT2D eigenvalue weighted by molar-refractivity contribution is 6.30. The summed E-state index contributed by atoms with van der Waals surface area (Å²) in [5.41, 5.74) is 3.21. The number of amides is 1. The smallest absolute Gasteiger partial charge is 0.297 e. The second-order valence-corrected chi connectivity index (χ2v) is 5.37. The number of benzene rings is 1. The minimum absolute atomic E-state index is 0.130. The van der Waals surface area contributed by atoms with E-state index < -0.39 is 12.2 Å². The Balaban J connectivity index is 1.61.